The van der Waals surface area contributed by atoms with Crippen LogP contribution in [0.3, 0.4) is 0 Å². The summed E-state index contributed by atoms with van der Waals surface area (Å²) < 4.78 is 51.2. The molecular formula is C14H16F4N2O. The number of nitrogens with zero attached hydrogens (tertiary/aromatic N) is 1. The molecule has 2 rings (SSSR count). The van der Waals surface area contributed by atoms with Crippen molar-refractivity contribution in [1.82, 2.24) is 10.2 Å². The van der Waals surface area contributed by atoms with Crippen molar-refractivity contribution >= 4 is 5.91 Å². The maximum atomic E-state index is 13.2. The molecule has 0 saturated carbocycles. The number of piperidine rings is 1. The molecule has 116 valence electrons. The molecule has 1 saturated heterocycles. The van der Waals surface area contributed by atoms with Crippen molar-refractivity contribution in [3.05, 3.63) is 35.1 Å². The third kappa shape index (κ3) is 3.53. The second-order valence-corrected chi connectivity index (χ2v) is 5.11. The van der Waals surface area contributed by atoms with Gasteiger partial charge in [0.05, 0.1) is 5.56 Å². The zero-order valence-corrected chi connectivity index (χ0v) is 11.5. The molecule has 1 aromatic carbocycles. The SMILES string of the molecule is CN(C(=O)c1ccc(F)c(C(F)(F)F)c1)C1CCCNC1. The van der Waals surface area contributed by atoms with Gasteiger partial charge in [-0.25, -0.2) is 4.39 Å². The number of nitrogens with one attached hydrogen (secondary N) is 1. The first kappa shape index (κ1) is 15.8. The molecule has 0 aliphatic carbocycles. The van der Waals surface area contributed by atoms with Crippen molar-refractivity contribution in [3.63, 3.8) is 0 Å². The van der Waals surface area contributed by atoms with Crippen LogP contribution in [0, 0.1) is 5.82 Å². The number of rotatable bonds is 2. The molecule has 3 nitrogen and oxygen atoms in total. The van der Waals surface area contributed by atoms with Gasteiger partial charge in [-0.2, -0.15) is 13.2 Å². The van der Waals surface area contributed by atoms with E-state index >= 15 is 0 Å². The lowest BCUT2D eigenvalue weighted by Crippen LogP contribution is -2.46. The maximum absolute atomic E-state index is 13.2. The zero-order valence-electron chi connectivity index (χ0n) is 11.5. The minimum atomic E-state index is -4.81. The molecule has 0 spiro atoms. The number of amides is 1. The van der Waals surface area contributed by atoms with Crippen LogP contribution in [-0.2, 0) is 6.18 Å². The maximum Gasteiger partial charge on any atom is 0.419 e. The van der Waals surface area contributed by atoms with E-state index in [9.17, 15) is 22.4 Å². The lowest BCUT2D eigenvalue weighted by Gasteiger charge is -2.31. The van der Waals surface area contributed by atoms with Crippen LogP contribution in [0.25, 0.3) is 0 Å². The molecule has 1 fully saturated rings. The summed E-state index contributed by atoms with van der Waals surface area (Å²) in [6.07, 6.45) is -3.12. The predicted molar refractivity (Wildman–Crippen MR) is 69.4 cm³/mol. The number of carbonyl (C=O) groups excluding carboxylic acids is 1. The van der Waals surface area contributed by atoms with Crippen LogP contribution in [0.4, 0.5) is 17.6 Å². The molecule has 1 unspecified atom stereocenters. The molecule has 1 aliphatic rings. The minimum absolute atomic E-state index is 0.0642. The number of alkyl halides is 3. The Morgan fingerprint density at radius 2 is 2.10 bits per heavy atom. The molecule has 1 N–H and O–H groups in total. The third-order valence-electron chi connectivity index (χ3n) is 3.66. The first-order valence-corrected chi connectivity index (χ1v) is 6.65. The average molecular weight is 304 g/mol. The van der Waals surface area contributed by atoms with E-state index in [1.54, 1.807) is 7.05 Å². The van der Waals surface area contributed by atoms with Gasteiger partial charge in [0.2, 0.25) is 0 Å². The molecule has 1 amide bonds. The Labute approximate surface area is 119 Å². The number of hydrogen-bond donors (Lipinski definition) is 1. The highest BCUT2D eigenvalue weighted by Gasteiger charge is 2.35. The van der Waals surface area contributed by atoms with Crippen molar-refractivity contribution in [1.29, 1.82) is 0 Å². The monoisotopic (exact) mass is 304 g/mol. The van der Waals surface area contributed by atoms with E-state index < -0.39 is 23.5 Å². The van der Waals surface area contributed by atoms with Gasteiger partial charge >= 0.3 is 6.18 Å². The summed E-state index contributed by atoms with van der Waals surface area (Å²) >= 11 is 0. The molecule has 0 radical (unpaired) electrons. The van der Waals surface area contributed by atoms with Gasteiger partial charge in [0.1, 0.15) is 5.82 Å². The van der Waals surface area contributed by atoms with E-state index in [1.807, 2.05) is 0 Å². The van der Waals surface area contributed by atoms with Crippen LogP contribution in [0.5, 0.6) is 0 Å². The van der Waals surface area contributed by atoms with E-state index in [-0.39, 0.29) is 11.6 Å². The molecular weight excluding hydrogens is 288 g/mol. The smallest absolute Gasteiger partial charge is 0.337 e. The van der Waals surface area contributed by atoms with Crippen LogP contribution >= 0.6 is 0 Å². The summed E-state index contributed by atoms with van der Waals surface area (Å²) in [7, 11) is 1.55. The lowest BCUT2D eigenvalue weighted by molar-refractivity contribution is -0.140. The second-order valence-electron chi connectivity index (χ2n) is 5.11. The first-order valence-electron chi connectivity index (χ1n) is 6.65. The van der Waals surface area contributed by atoms with E-state index in [4.69, 9.17) is 0 Å². The number of benzene rings is 1. The van der Waals surface area contributed by atoms with Gasteiger partial charge in [0.25, 0.3) is 5.91 Å². The van der Waals surface area contributed by atoms with Gasteiger partial charge in [0.15, 0.2) is 0 Å². The Morgan fingerprint density at radius 3 is 2.67 bits per heavy atom. The van der Waals surface area contributed by atoms with Crippen molar-refractivity contribution in [3.8, 4) is 0 Å². The highest BCUT2D eigenvalue weighted by atomic mass is 19.4. The molecule has 21 heavy (non-hydrogen) atoms. The molecule has 1 atom stereocenters. The molecule has 1 aliphatic heterocycles. The Bertz CT molecular complexity index is 524. The van der Waals surface area contributed by atoms with Gasteiger partial charge in [0, 0.05) is 25.2 Å². The molecule has 1 heterocycles. The van der Waals surface area contributed by atoms with Crippen molar-refractivity contribution < 1.29 is 22.4 Å². The summed E-state index contributed by atoms with van der Waals surface area (Å²) in [6, 6.07) is 2.28. The van der Waals surface area contributed by atoms with Crippen molar-refractivity contribution in [2.45, 2.75) is 25.1 Å². The first-order chi connectivity index (χ1) is 9.80. The standard InChI is InChI=1S/C14H16F4N2O/c1-20(10-3-2-6-19-8-10)13(21)9-4-5-12(15)11(7-9)14(16,17)18/h4-5,7,10,19H,2-3,6,8H2,1H3. The highest BCUT2D eigenvalue weighted by Crippen LogP contribution is 2.32. The van der Waals surface area contributed by atoms with Crippen LogP contribution < -0.4 is 5.32 Å². The van der Waals surface area contributed by atoms with E-state index in [0.717, 1.165) is 25.5 Å². The van der Waals surface area contributed by atoms with Gasteiger partial charge in [-0.3, -0.25) is 4.79 Å². The third-order valence-corrected chi connectivity index (χ3v) is 3.66. The van der Waals surface area contributed by atoms with Crippen molar-refractivity contribution in [2.24, 2.45) is 0 Å². The summed E-state index contributed by atoms with van der Waals surface area (Å²) in [4.78, 5) is 13.7. The fourth-order valence-electron chi connectivity index (χ4n) is 2.41. The van der Waals surface area contributed by atoms with E-state index in [1.165, 1.54) is 4.90 Å². The van der Waals surface area contributed by atoms with Crippen LogP contribution in [-0.4, -0.2) is 37.0 Å². The van der Waals surface area contributed by atoms with E-state index in [2.05, 4.69) is 5.32 Å². The number of halogens is 4. The number of carbonyl (C=O) groups is 1. The Kier molecular flexibility index (Phi) is 4.51. The van der Waals surface area contributed by atoms with Crippen LogP contribution in [0.1, 0.15) is 28.8 Å². The normalized spacial score (nSPS) is 19.4. The topological polar surface area (TPSA) is 32.3 Å². The molecule has 1 aromatic rings. The summed E-state index contributed by atoms with van der Waals surface area (Å²) in [5.41, 5.74) is -1.57. The van der Waals surface area contributed by atoms with Gasteiger partial charge < -0.3 is 10.2 Å². The second kappa shape index (κ2) is 6.01. The molecule has 7 heteroatoms. The van der Waals surface area contributed by atoms with Crippen LogP contribution in [0.2, 0.25) is 0 Å². The lowest BCUT2D eigenvalue weighted by atomic mass is 10.0. The fourth-order valence-corrected chi connectivity index (χ4v) is 2.41. The summed E-state index contributed by atoms with van der Waals surface area (Å²) in [6.45, 7) is 1.48. The number of likely N-dealkylation sites (N-methyl/N-ethyl adjacent to an activating group) is 1. The minimum Gasteiger partial charge on any atom is -0.337 e. The largest absolute Gasteiger partial charge is 0.419 e. The summed E-state index contributed by atoms with van der Waals surface area (Å²) in [5.74, 6) is -1.91. The quantitative estimate of drug-likeness (QED) is 0.852. The summed E-state index contributed by atoms with van der Waals surface area (Å²) in [5, 5.41) is 3.13. The highest BCUT2D eigenvalue weighted by molar-refractivity contribution is 5.94. The van der Waals surface area contributed by atoms with E-state index in [0.29, 0.717) is 18.7 Å². The molecule has 0 bridgehead atoms. The molecule has 0 aromatic heterocycles. The van der Waals surface area contributed by atoms with Gasteiger partial charge in [-0.05, 0) is 37.6 Å². The average Bonchev–Trinajstić information content (AvgIpc) is 2.46. The Hall–Kier alpha value is -1.63. The Morgan fingerprint density at radius 1 is 1.38 bits per heavy atom. The zero-order chi connectivity index (χ0) is 15.6. The van der Waals surface area contributed by atoms with Crippen LogP contribution in [0.15, 0.2) is 18.2 Å². The Balaban J connectivity index is 2.22. The van der Waals surface area contributed by atoms with Gasteiger partial charge in [-0.15, -0.1) is 0 Å². The number of hydrogen-bond acceptors (Lipinski definition) is 2. The van der Waals surface area contributed by atoms with Crippen molar-refractivity contribution in [2.75, 3.05) is 20.1 Å². The van der Waals surface area contributed by atoms with Gasteiger partial charge in [-0.1, -0.05) is 0 Å². The fraction of sp³-hybridized carbons (Fsp3) is 0.500. The predicted octanol–water partition coefficient (Wildman–Crippen LogP) is 2.67.